The van der Waals surface area contributed by atoms with Crippen molar-refractivity contribution in [2.45, 2.75) is 42.1 Å². The van der Waals surface area contributed by atoms with Gasteiger partial charge in [-0.2, -0.15) is 13.2 Å². The van der Waals surface area contributed by atoms with Crippen molar-refractivity contribution in [3.05, 3.63) is 53.7 Å². The first-order chi connectivity index (χ1) is 14.8. The Hall–Kier alpha value is -2.55. The van der Waals surface area contributed by atoms with Gasteiger partial charge in [0.15, 0.2) is 0 Å². The standard InChI is InChI=1S/C22H22F3N3O2S/c23-22(24,25)16-12-15(13-17(14-16)28-9-3-5-20(28)29)21(30)27-10-6-18(7-11-27)31-19-4-1-2-8-26-19/h1-2,4,8,12-14,18H,3,5-7,9-11H2. The minimum absolute atomic E-state index is 0.0274. The molecule has 0 spiro atoms. The molecule has 0 aliphatic carbocycles. The number of anilines is 1. The Morgan fingerprint density at radius 3 is 2.48 bits per heavy atom. The Bertz CT molecular complexity index is 960. The van der Waals surface area contributed by atoms with Crippen LogP contribution in [0.1, 0.15) is 41.6 Å². The number of aromatic nitrogens is 1. The van der Waals surface area contributed by atoms with Gasteiger partial charge in [-0.15, -0.1) is 11.8 Å². The molecule has 2 aromatic rings. The first-order valence-electron chi connectivity index (χ1n) is 10.2. The van der Waals surface area contributed by atoms with Crippen molar-refractivity contribution < 1.29 is 22.8 Å². The Morgan fingerprint density at radius 1 is 1.10 bits per heavy atom. The zero-order valence-corrected chi connectivity index (χ0v) is 17.6. The van der Waals surface area contributed by atoms with Gasteiger partial charge >= 0.3 is 6.18 Å². The number of rotatable bonds is 4. The van der Waals surface area contributed by atoms with Crippen LogP contribution < -0.4 is 4.90 Å². The smallest absolute Gasteiger partial charge is 0.339 e. The number of halogens is 3. The van der Waals surface area contributed by atoms with E-state index < -0.39 is 17.6 Å². The van der Waals surface area contributed by atoms with Gasteiger partial charge in [0.1, 0.15) is 0 Å². The highest BCUT2D eigenvalue weighted by atomic mass is 32.2. The van der Waals surface area contributed by atoms with E-state index in [4.69, 9.17) is 0 Å². The fourth-order valence-electron chi connectivity index (χ4n) is 3.92. The van der Waals surface area contributed by atoms with E-state index in [-0.39, 0.29) is 17.2 Å². The average molecular weight is 449 g/mol. The van der Waals surface area contributed by atoms with Gasteiger partial charge in [-0.1, -0.05) is 6.07 Å². The van der Waals surface area contributed by atoms with Crippen LogP contribution in [0.3, 0.4) is 0 Å². The number of amides is 2. The SMILES string of the molecule is O=C(c1cc(N2CCCC2=O)cc(C(F)(F)F)c1)N1CCC(Sc2ccccn2)CC1. The second-order valence-corrected chi connectivity index (χ2v) is 9.01. The number of thioether (sulfide) groups is 1. The summed E-state index contributed by atoms with van der Waals surface area (Å²) in [6.07, 6.45) is -0.481. The van der Waals surface area contributed by atoms with E-state index in [1.54, 1.807) is 22.9 Å². The molecule has 0 radical (unpaired) electrons. The van der Waals surface area contributed by atoms with Crippen molar-refractivity contribution in [2.75, 3.05) is 24.5 Å². The maximum absolute atomic E-state index is 13.5. The Kier molecular flexibility index (Phi) is 6.22. The summed E-state index contributed by atoms with van der Waals surface area (Å²) in [5, 5.41) is 1.23. The summed E-state index contributed by atoms with van der Waals surface area (Å²) in [4.78, 5) is 32.3. The number of pyridine rings is 1. The number of benzene rings is 1. The molecular weight excluding hydrogens is 427 g/mol. The largest absolute Gasteiger partial charge is 0.416 e. The van der Waals surface area contributed by atoms with Gasteiger partial charge in [0, 0.05) is 48.8 Å². The predicted molar refractivity (Wildman–Crippen MR) is 112 cm³/mol. The lowest BCUT2D eigenvalue weighted by molar-refractivity contribution is -0.137. The first kappa shape index (κ1) is 21.7. The summed E-state index contributed by atoms with van der Waals surface area (Å²) in [6.45, 7) is 1.30. The van der Waals surface area contributed by atoms with Crippen LogP contribution in [-0.2, 0) is 11.0 Å². The molecule has 0 atom stereocenters. The molecule has 2 amide bonds. The van der Waals surface area contributed by atoms with E-state index in [1.807, 2.05) is 18.2 Å². The third kappa shape index (κ3) is 5.03. The molecule has 0 saturated carbocycles. The molecule has 3 heterocycles. The van der Waals surface area contributed by atoms with Gasteiger partial charge in [0.25, 0.3) is 5.91 Å². The van der Waals surface area contributed by atoms with E-state index in [2.05, 4.69) is 4.98 Å². The molecule has 5 nitrogen and oxygen atoms in total. The fourth-order valence-corrected chi connectivity index (χ4v) is 4.99. The second kappa shape index (κ2) is 8.90. The fraction of sp³-hybridized carbons (Fsp3) is 0.409. The predicted octanol–water partition coefficient (Wildman–Crippen LogP) is 4.62. The van der Waals surface area contributed by atoms with Crippen LogP contribution in [-0.4, -0.2) is 46.6 Å². The molecule has 2 aliphatic rings. The van der Waals surface area contributed by atoms with Gasteiger partial charge in [-0.05, 0) is 49.6 Å². The van der Waals surface area contributed by atoms with Crippen LogP contribution in [0.25, 0.3) is 0 Å². The summed E-state index contributed by atoms with van der Waals surface area (Å²) in [7, 11) is 0. The van der Waals surface area contributed by atoms with Crippen LogP contribution >= 0.6 is 11.8 Å². The van der Waals surface area contributed by atoms with Gasteiger partial charge in [-0.25, -0.2) is 4.98 Å². The van der Waals surface area contributed by atoms with Crippen molar-refractivity contribution >= 4 is 29.3 Å². The summed E-state index contributed by atoms with van der Waals surface area (Å²) < 4.78 is 40.4. The molecule has 1 aromatic carbocycles. The molecule has 0 bridgehead atoms. The Balaban J connectivity index is 1.49. The molecule has 2 aliphatic heterocycles. The second-order valence-electron chi connectivity index (χ2n) is 7.69. The number of piperidine rings is 1. The van der Waals surface area contributed by atoms with Crippen LogP contribution in [0, 0.1) is 0 Å². The third-order valence-corrected chi connectivity index (χ3v) is 6.82. The normalized spacial score (nSPS) is 18.0. The Morgan fingerprint density at radius 2 is 1.87 bits per heavy atom. The number of hydrogen-bond acceptors (Lipinski definition) is 4. The van der Waals surface area contributed by atoms with Crippen LogP contribution in [0.4, 0.5) is 18.9 Å². The highest BCUT2D eigenvalue weighted by molar-refractivity contribution is 7.99. The molecule has 0 unspecified atom stereocenters. The quantitative estimate of drug-likeness (QED) is 0.683. The Labute approximate surface area is 182 Å². The van der Waals surface area contributed by atoms with Gasteiger partial charge < -0.3 is 9.80 Å². The van der Waals surface area contributed by atoms with Crippen molar-refractivity contribution in [1.29, 1.82) is 0 Å². The summed E-state index contributed by atoms with van der Waals surface area (Å²) in [5.41, 5.74) is -0.796. The van der Waals surface area contributed by atoms with Crippen LogP contribution in [0.2, 0.25) is 0 Å². The van der Waals surface area contributed by atoms with E-state index >= 15 is 0 Å². The minimum atomic E-state index is -4.60. The highest BCUT2D eigenvalue weighted by Gasteiger charge is 2.34. The first-order valence-corrected chi connectivity index (χ1v) is 11.1. The van der Waals surface area contributed by atoms with E-state index in [1.165, 1.54) is 11.0 Å². The lowest BCUT2D eigenvalue weighted by Crippen LogP contribution is -2.39. The van der Waals surface area contributed by atoms with Gasteiger partial charge in [0.05, 0.1) is 10.6 Å². The van der Waals surface area contributed by atoms with Crippen molar-refractivity contribution in [3.63, 3.8) is 0 Å². The molecule has 164 valence electrons. The van der Waals surface area contributed by atoms with Crippen LogP contribution in [0.15, 0.2) is 47.6 Å². The minimum Gasteiger partial charge on any atom is -0.339 e. The average Bonchev–Trinajstić information content (AvgIpc) is 3.19. The number of carbonyl (C=O) groups is 2. The molecule has 1 aromatic heterocycles. The third-order valence-electron chi connectivity index (χ3n) is 5.53. The van der Waals surface area contributed by atoms with Gasteiger partial charge in [-0.3, -0.25) is 9.59 Å². The lowest BCUT2D eigenvalue weighted by atomic mass is 10.0. The highest BCUT2D eigenvalue weighted by Crippen LogP contribution is 2.35. The maximum Gasteiger partial charge on any atom is 0.416 e. The molecule has 0 N–H and O–H groups in total. The van der Waals surface area contributed by atoms with Crippen molar-refractivity contribution in [1.82, 2.24) is 9.88 Å². The molecule has 2 saturated heterocycles. The number of likely N-dealkylation sites (tertiary alicyclic amines) is 1. The van der Waals surface area contributed by atoms with Crippen LogP contribution in [0.5, 0.6) is 0 Å². The molecule has 9 heteroatoms. The zero-order chi connectivity index (χ0) is 22.0. The molecule has 2 fully saturated rings. The molecular formula is C22H22F3N3O2S. The monoisotopic (exact) mass is 449 g/mol. The number of carbonyl (C=O) groups excluding carboxylic acids is 2. The molecule has 31 heavy (non-hydrogen) atoms. The van der Waals surface area contributed by atoms with E-state index in [9.17, 15) is 22.8 Å². The maximum atomic E-state index is 13.5. The summed E-state index contributed by atoms with van der Waals surface area (Å²) in [5.74, 6) is -0.648. The zero-order valence-electron chi connectivity index (χ0n) is 16.8. The summed E-state index contributed by atoms with van der Waals surface area (Å²) in [6, 6.07) is 8.97. The van der Waals surface area contributed by atoms with E-state index in [0.29, 0.717) is 37.7 Å². The van der Waals surface area contributed by atoms with Crippen molar-refractivity contribution in [2.24, 2.45) is 0 Å². The number of nitrogens with zero attached hydrogens (tertiary/aromatic N) is 3. The van der Waals surface area contributed by atoms with E-state index in [0.717, 1.165) is 30.0 Å². The topological polar surface area (TPSA) is 53.5 Å². The molecule has 4 rings (SSSR count). The van der Waals surface area contributed by atoms with Crippen molar-refractivity contribution in [3.8, 4) is 0 Å². The number of hydrogen-bond donors (Lipinski definition) is 0. The lowest BCUT2D eigenvalue weighted by Gasteiger charge is -2.32. The number of alkyl halides is 3. The van der Waals surface area contributed by atoms with Gasteiger partial charge in [0.2, 0.25) is 5.91 Å². The summed E-state index contributed by atoms with van der Waals surface area (Å²) >= 11 is 1.66.